The number of hydrogen-bond donors (Lipinski definition) is 4. The van der Waals surface area contributed by atoms with Crippen LogP contribution in [0.15, 0.2) is 91.0 Å². The summed E-state index contributed by atoms with van der Waals surface area (Å²) < 4.78 is 11.7. The van der Waals surface area contributed by atoms with Crippen LogP contribution in [0.3, 0.4) is 0 Å². The number of benzene rings is 3. The Morgan fingerprint density at radius 1 is 0.914 bits per heavy atom. The topological polar surface area (TPSA) is 134 Å². The summed E-state index contributed by atoms with van der Waals surface area (Å²) in [6.07, 6.45) is -0.492. The molecule has 0 fully saturated rings. The highest BCUT2D eigenvalue weighted by molar-refractivity contribution is 5.95. The second-order valence-electron chi connectivity index (χ2n) is 7.41. The number of phenols is 1. The lowest BCUT2D eigenvalue weighted by Gasteiger charge is -2.26. The number of anilines is 1. The Balaban J connectivity index is 1.89. The molecule has 0 heterocycles. The third-order valence-electron chi connectivity index (χ3n) is 4.85. The van der Waals surface area contributed by atoms with Crippen molar-refractivity contribution in [2.24, 2.45) is 0 Å². The molecule has 0 aromatic heterocycles. The highest BCUT2D eigenvalue weighted by atomic mass is 16.6. The van der Waals surface area contributed by atoms with Crippen LogP contribution in [-0.2, 0) is 9.53 Å². The number of rotatable bonds is 9. The normalized spacial score (nSPS) is 12.4. The Hall–Kier alpha value is -4.63. The van der Waals surface area contributed by atoms with Crippen LogP contribution in [0.4, 0.5) is 10.5 Å². The van der Waals surface area contributed by atoms with E-state index in [1.807, 2.05) is 0 Å². The lowest BCUT2D eigenvalue weighted by atomic mass is 10.0. The van der Waals surface area contributed by atoms with Crippen LogP contribution in [-0.4, -0.2) is 34.2 Å². The molecular weight excluding hydrogens is 452 g/mol. The van der Waals surface area contributed by atoms with Gasteiger partial charge in [0, 0.05) is 17.3 Å². The Morgan fingerprint density at radius 3 is 2.17 bits per heavy atom. The van der Waals surface area contributed by atoms with Gasteiger partial charge in [-0.3, -0.25) is 20.1 Å². The van der Waals surface area contributed by atoms with E-state index in [1.165, 1.54) is 30.6 Å². The molecule has 0 bridgehead atoms. The Kier molecular flexibility index (Phi) is 8.58. The largest absolute Gasteiger partial charge is 0.508 e. The Morgan fingerprint density at radius 2 is 1.57 bits per heavy atom. The molecule has 0 radical (unpaired) electrons. The van der Waals surface area contributed by atoms with Crippen LogP contribution in [0.2, 0.25) is 0 Å². The smallest absolute Gasteiger partial charge is 0.412 e. The van der Waals surface area contributed by atoms with E-state index in [1.54, 1.807) is 66.7 Å². The molecular formula is C26H24N2O7. The predicted molar refractivity (Wildman–Crippen MR) is 127 cm³/mol. The van der Waals surface area contributed by atoms with Crippen molar-refractivity contribution in [3.8, 4) is 11.5 Å². The maximum atomic E-state index is 12.8. The fourth-order valence-electron chi connectivity index (χ4n) is 3.12. The zero-order valence-corrected chi connectivity index (χ0v) is 18.8. The van der Waals surface area contributed by atoms with Crippen molar-refractivity contribution < 1.29 is 34.2 Å². The van der Waals surface area contributed by atoms with Gasteiger partial charge in [0.25, 0.3) is 5.91 Å². The number of hydrogen-bond acceptors (Lipinski definition) is 7. The molecule has 35 heavy (non-hydrogen) atoms. The Bertz CT molecular complexity index is 1180. The molecule has 0 aliphatic rings. The highest BCUT2D eigenvalue weighted by Crippen LogP contribution is 2.28. The van der Waals surface area contributed by atoms with Crippen molar-refractivity contribution in [2.45, 2.75) is 19.1 Å². The minimum atomic E-state index is -1.06. The van der Waals surface area contributed by atoms with Crippen molar-refractivity contribution >= 4 is 23.5 Å². The summed E-state index contributed by atoms with van der Waals surface area (Å²) in [4.78, 5) is 35.9. The van der Waals surface area contributed by atoms with Crippen LogP contribution < -0.4 is 15.5 Å². The van der Waals surface area contributed by atoms with E-state index < -0.39 is 24.2 Å². The van der Waals surface area contributed by atoms with Crippen molar-refractivity contribution in [1.82, 2.24) is 5.48 Å². The molecule has 2 amide bonds. The van der Waals surface area contributed by atoms with Crippen molar-refractivity contribution in [3.63, 3.8) is 0 Å². The van der Waals surface area contributed by atoms with Gasteiger partial charge in [0.15, 0.2) is 18.0 Å². The number of ether oxygens (including phenoxy) is 2. The molecule has 0 unspecified atom stereocenters. The zero-order chi connectivity index (χ0) is 25.2. The summed E-state index contributed by atoms with van der Waals surface area (Å²) >= 11 is 0. The quantitative estimate of drug-likeness (QED) is 0.156. The minimum Gasteiger partial charge on any atom is -0.508 e. The summed E-state index contributed by atoms with van der Waals surface area (Å²) in [5.74, 6) is -0.449. The van der Waals surface area contributed by atoms with Gasteiger partial charge in [-0.25, -0.2) is 10.3 Å². The summed E-state index contributed by atoms with van der Waals surface area (Å²) in [5, 5.41) is 21.1. The summed E-state index contributed by atoms with van der Waals surface area (Å²) in [7, 11) is 0. The average molecular weight is 476 g/mol. The maximum absolute atomic E-state index is 12.8. The molecule has 0 aliphatic heterocycles. The molecule has 0 spiro atoms. The molecule has 3 aromatic rings. The van der Waals surface area contributed by atoms with Crippen LogP contribution in [0.1, 0.15) is 28.9 Å². The number of Topliss-reactive ketones (excluding diaryl/α,β-unsaturated/α-hetero) is 1. The number of carbonyl (C=O) groups is 3. The van der Waals surface area contributed by atoms with E-state index in [2.05, 4.69) is 5.32 Å². The van der Waals surface area contributed by atoms with E-state index in [-0.39, 0.29) is 11.5 Å². The molecule has 9 heteroatoms. The van der Waals surface area contributed by atoms with Gasteiger partial charge >= 0.3 is 6.09 Å². The number of carbonyl (C=O) groups excluding carboxylic acids is 3. The van der Waals surface area contributed by atoms with Crippen LogP contribution >= 0.6 is 0 Å². The number of para-hydroxylation sites is 1. The number of hydroxylamine groups is 1. The van der Waals surface area contributed by atoms with Gasteiger partial charge < -0.3 is 14.6 Å². The number of ketones is 1. The van der Waals surface area contributed by atoms with E-state index in [4.69, 9.17) is 14.7 Å². The SMILES string of the molecule is CC(=O)c1ccc(NC(=O)O[C@H](c2ccc(O)cc2)[C@@H](/C=C/C(=O)NO)Oc2ccccc2)cc1. The third kappa shape index (κ3) is 7.44. The molecule has 4 N–H and O–H groups in total. The van der Waals surface area contributed by atoms with Crippen LogP contribution in [0, 0.1) is 0 Å². The minimum absolute atomic E-state index is 0.0123. The van der Waals surface area contributed by atoms with Gasteiger partial charge in [0.2, 0.25) is 0 Å². The fourth-order valence-corrected chi connectivity index (χ4v) is 3.12. The van der Waals surface area contributed by atoms with E-state index in [9.17, 15) is 19.5 Å². The predicted octanol–water partition coefficient (Wildman–Crippen LogP) is 4.39. The molecule has 180 valence electrons. The zero-order valence-electron chi connectivity index (χ0n) is 18.8. The van der Waals surface area contributed by atoms with Crippen LogP contribution in [0.25, 0.3) is 0 Å². The first kappa shape index (κ1) is 25.0. The molecule has 0 aliphatic carbocycles. The molecule has 0 saturated carbocycles. The number of aromatic hydroxyl groups is 1. The standard InChI is InChI=1S/C26H24N2O7/c1-17(29)18-7-11-20(12-8-18)27-26(32)35-25(19-9-13-21(30)14-10-19)23(15-16-24(31)28-33)34-22-5-3-2-4-6-22/h2-16,23,25,30,33H,1H3,(H,27,32)(H,28,31)/b16-15+/t23-,25-/m1/s1. The number of nitrogens with one attached hydrogen (secondary N) is 2. The van der Waals surface area contributed by atoms with E-state index >= 15 is 0 Å². The van der Waals surface area contributed by atoms with Crippen molar-refractivity contribution in [3.05, 3.63) is 102 Å². The molecule has 3 aromatic carbocycles. The van der Waals surface area contributed by atoms with Gasteiger partial charge in [-0.2, -0.15) is 0 Å². The highest BCUT2D eigenvalue weighted by Gasteiger charge is 2.28. The van der Waals surface area contributed by atoms with Crippen molar-refractivity contribution in [2.75, 3.05) is 5.32 Å². The lowest BCUT2D eigenvalue weighted by Crippen LogP contribution is -2.30. The second kappa shape index (κ2) is 12.0. The summed E-state index contributed by atoms with van der Waals surface area (Å²) in [6.45, 7) is 1.44. The first-order valence-electron chi connectivity index (χ1n) is 10.6. The number of amides is 2. The molecule has 0 saturated heterocycles. The molecule has 3 rings (SSSR count). The summed E-state index contributed by atoms with van der Waals surface area (Å²) in [6, 6.07) is 20.9. The Labute approximate surface area is 201 Å². The lowest BCUT2D eigenvalue weighted by molar-refractivity contribution is -0.124. The first-order chi connectivity index (χ1) is 16.9. The van der Waals surface area contributed by atoms with Crippen LogP contribution in [0.5, 0.6) is 11.5 Å². The van der Waals surface area contributed by atoms with E-state index in [0.29, 0.717) is 22.6 Å². The van der Waals surface area contributed by atoms with E-state index in [0.717, 1.165) is 6.08 Å². The molecule has 2 atom stereocenters. The third-order valence-corrected chi connectivity index (χ3v) is 4.85. The first-order valence-corrected chi connectivity index (χ1v) is 10.6. The van der Waals surface area contributed by atoms with Gasteiger partial charge in [-0.05, 0) is 67.1 Å². The maximum Gasteiger partial charge on any atom is 0.412 e. The van der Waals surface area contributed by atoms with Gasteiger partial charge in [-0.15, -0.1) is 0 Å². The fraction of sp³-hybridized carbons (Fsp3) is 0.115. The summed E-state index contributed by atoms with van der Waals surface area (Å²) in [5.41, 5.74) is 2.87. The van der Waals surface area contributed by atoms with Gasteiger partial charge in [0.1, 0.15) is 11.5 Å². The van der Waals surface area contributed by atoms with Crippen molar-refractivity contribution in [1.29, 1.82) is 0 Å². The monoisotopic (exact) mass is 476 g/mol. The number of phenolic OH excluding ortho intramolecular Hbond substituents is 1. The average Bonchev–Trinajstić information content (AvgIpc) is 2.86. The van der Waals surface area contributed by atoms with Gasteiger partial charge in [0.05, 0.1) is 0 Å². The second-order valence-corrected chi connectivity index (χ2v) is 7.41. The van der Waals surface area contributed by atoms with Gasteiger partial charge in [-0.1, -0.05) is 30.3 Å². The molecule has 9 nitrogen and oxygen atoms in total.